The van der Waals surface area contributed by atoms with E-state index in [1.165, 1.54) is 26.0 Å². The van der Waals surface area contributed by atoms with Crippen LogP contribution in [0.4, 0.5) is 18.9 Å². The molecule has 186 valence electrons. The second-order valence-corrected chi connectivity index (χ2v) is 9.32. The number of carbonyl (C=O) groups excluding carboxylic acids is 4. The van der Waals surface area contributed by atoms with E-state index < -0.39 is 53.5 Å². The Morgan fingerprint density at radius 1 is 1.11 bits per heavy atom. The lowest BCUT2D eigenvalue weighted by Crippen LogP contribution is -2.67. The lowest BCUT2D eigenvalue weighted by Gasteiger charge is -2.46. The number of fused-ring (bicyclic) bond motifs is 1. The first-order valence-electron chi connectivity index (χ1n) is 11.5. The maximum atomic E-state index is 13.9. The highest BCUT2D eigenvalue weighted by Crippen LogP contribution is 2.46. The fourth-order valence-electron chi connectivity index (χ4n) is 5.09. The number of benzene rings is 1. The number of amides is 2. The molecule has 0 spiro atoms. The van der Waals surface area contributed by atoms with E-state index in [-0.39, 0.29) is 28.9 Å². The highest BCUT2D eigenvalue weighted by molar-refractivity contribution is 6.44. The first-order chi connectivity index (χ1) is 16.4. The molecule has 2 N–H and O–H groups in total. The third-order valence-corrected chi connectivity index (χ3v) is 6.82. The molecule has 2 aromatic rings. The molecule has 1 fully saturated rings. The van der Waals surface area contributed by atoms with Crippen molar-refractivity contribution in [1.29, 1.82) is 0 Å². The van der Waals surface area contributed by atoms with Gasteiger partial charge in [0.05, 0.1) is 5.56 Å². The Labute approximate surface area is 200 Å². The van der Waals surface area contributed by atoms with E-state index in [0.717, 1.165) is 0 Å². The summed E-state index contributed by atoms with van der Waals surface area (Å²) in [5.41, 5.74) is -0.142. The predicted molar refractivity (Wildman–Crippen MR) is 121 cm³/mol. The number of halogens is 3. The average Bonchev–Trinajstić information content (AvgIpc) is 3.33. The second-order valence-electron chi connectivity index (χ2n) is 9.32. The number of aromatic nitrogens is 1. The van der Waals surface area contributed by atoms with Gasteiger partial charge in [0, 0.05) is 37.2 Å². The van der Waals surface area contributed by atoms with E-state index in [4.69, 9.17) is 0 Å². The number of hydrogen-bond donors (Lipinski definition) is 2. The molecule has 1 aromatic heterocycles. The first kappa shape index (κ1) is 24.7. The van der Waals surface area contributed by atoms with Gasteiger partial charge < -0.3 is 15.2 Å². The minimum atomic E-state index is -3.09. The summed E-state index contributed by atoms with van der Waals surface area (Å²) in [7, 11) is 0. The fourth-order valence-corrected chi connectivity index (χ4v) is 5.09. The van der Waals surface area contributed by atoms with E-state index in [1.54, 1.807) is 17.6 Å². The van der Waals surface area contributed by atoms with Crippen LogP contribution in [0.3, 0.4) is 0 Å². The Morgan fingerprint density at radius 3 is 2.40 bits per heavy atom. The molecule has 0 unspecified atom stereocenters. The van der Waals surface area contributed by atoms with Crippen molar-refractivity contribution in [2.45, 2.75) is 70.9 Å². The van der Waals surface area contributed by atoms with E-state index in [9.17, 15) is 32.3 Å². The van der Waals surface area contributed by atoms with Crippen LogP contribution >= 0.6 is 0 Å². The molecule has 2 amide bonds. The molecule has 0 bridgehead atoms. The number of rotatable bonds is 7. The van der Waals surface area contributed by atoms with Gasteiger partial charge in [-0.15, -0.1) is 0 Å². The van der Waals surface area contributed by atoms with Crippen molar-refractivity contribution in [3.63, 3.8) is 0 Å². The maximum absolute atomic E-state index is 13.9. The molecule has 1 aliphatic heterocycles. The molecule has 10 heteroatoms. The van der Waals surface area contributed by atoms with Crippen LogP contribution in [0.25, 0.3) is 0 Å². The number of alkyl halides is 2. The largest absolute Gasteiger partial charge is 0.340 e. The molecule has 4 rings (SSSR count). The normalized spacial score (nSPS) is 17.3. The zero-order valence-corrected chi connectivity index (χ0v) is 19.7. The minimum absolute atomic E-state index is 0.0328. The molecular weight excluding hydrogens is 463 g/mol. The standard InChI is InChI=1S/C25H26F3N3O4/c1-4-18(32)24(11-25(27,28)12-24)30-23(35)21(33)19-14(3)20(31-9-5-6-17(19)31)22(34)29-15-8-7-13(2)16(26)10-15/h7-8,10H,4-6,9,11-12H2,1-3H3,(H,29,34)(H,30,35). The molecule has 0 radical (unpaired) electrons. The van der Waals surface area contributed by atoms with Crippen LogP contribution in [-0.4, -0.2) is 39.4 Å². The molecule has 1 aromatic carbocycles. The summed E-state index contributed by atoms with van der Waals surface area (Å²) >= 11 is 0. The summed E-state index contributed by atoms with van der Waals surface area (Å²) in [5, 5.41) is 4.90. The summed E-state index contributed by atoms with van der Waals surface area (Å²) in [6.45, 7) is 5.07. The van der Waals surface area contributed by atoms with Crippen molar-refractivity contribution < 1.29 is 32.3 Å². The number of nitrogens with zero attached hydrogens (tertiary/aromatic N) is 1. The van der Waals surface area contributed by atoms with E-state index in [2.05, 4.69) is 10.6 Å². The third-order valence-electron chi connectivity index (χ3n) is 6.82. The summed E-state index contributed by atoms with van der Waals surface area (Å²) in [4.78, 5) is 51.5. The zero-order chi connectivity index (χ0) is 25.7. The van der Waals surface area contributed by atoms with Crippen LogP contribution < -0.4 is 10.6 Å². The minimum Gasteiger partial charge on any atom is -0.340 e. The van der Waals surface area contributed by atoms with Gasteiger partial charge in [-0.3, -0.25) is 19.2 Å². The monoisotopic (exact) mass is 489 g/mol. The van der Waals surface area contributed by atoms with Gasteiger partial charge in [0.2, 0.25) is 0 Å². The molecule has 7 nitrogen and oxygen atoms in total. The smallest absolute Gasteiger partial charge is 0.293 e. The van der Waals surface area contributed by atoms with Gasteiger partial charge in [-0.05, 0) is 49.9 Å². The fraction of sp³-hybridized carbons (Fsp3) is 0.440. The summed E-state index contributed by atoms with van der Waals surface area (Å²) in [6.07, 6.45) is -0.673. The van der Waals surface area contributed by atoms with Crippen molar-refractivity contribution in [2.24, 2.45) is 0 Å². The van der Waals surface area contributed by atoms with Gasteiger partial charge in [0.1, 0.15) is 17.1 Å². The predicted octanol–water partition coefficient (Wildman–Crippen LogP) is 3.89. The van der Waals surface area contributed by atoms with Crippen molar-refractivity contribution in [1.82, 2.24) is 9.88 Å². The Morgan fingerprint density at radius 2 is 1.80 bits per heavy atom. The van der Waals surface area contributed by atoms with Gasteiger partial charge >= 0.3 is 0 Å². The molecule has 0 saturated heterocycles. The number of nitrogens with one attached hydrogen (secondary N) is 2. The number of aryl methyl sites for hydroxylation is 1. The van der Waals surface area contributed by atoms with Crippen LogP contribution in [0, 0.1) is 19.7 Å². The third kappa shape index (κ3) is 4.26. The van der Waals surface area contributed by atoms with E-state index >= 15 is 0 Å². The quantitative estimate of drug-likeness (QED) is 0.456. The molecule has 0 atom stereocenters. The van der Waals surface area contributed by atoms with Crippen LogP contribution in [0.15, 0.2) is 18.2 Å². The molecule has 35 heavy (non-hydrogen) atoms. The lowest BCUT2D eigenvalue weighted by molar-refractivity contribution is -0.163. The molecule has 1 aliphatic carbocycles. The molecule has 2 aliphatic rings. The highest BCUT2D eigenvalue weighted by Gasteiger charge is 2.61. The SMILES string of the molecule is CCC(=O)C1(NC(=O)C(=O)c2c(C)c(C(=O)Nc3ccc(C)c(F)c3)n3c2CCC3)CC(F)(F)C1. The van der Waals surface area contributed by atoms with Gasteiger partial charge in [-0.25, -0.2) is 13.2 Å². The van der Waals surface area contributed by atoms with Gasteiger partial charge in [0.15, 0.2) is 5.78 Å². The van der Waals surface area contributed by atoms with Crippen molar-refractivity contribution in [3.8, 4) is 0 Å². The van der Waals surface area contributed by atoms with E-state index in [0.29, 0.717) is 30.6 Å². The van der Waals surface area contributed by atoms with Crippen LogP contribution in [0.2, 0.25) is 0 Å². The van der Waals surface area contributed by atoms with Crippen LogP contribution in [0.5, 0.6) is 0 Å². The number of ketones is 2. The van der Waals surface area contributed by atoms with Gasteiger partial charge in [-0.2, -0.15) is 0 Å². The molecule has 2 heterocycles. The average molecular weight is 489 g/mol. The van der Waals surface area contributed by atoms with Crippen molar-refractivity contribution >= 4 is 29.1 Å². The second kappa shape index (κ2) is 8.66. The summed E-state index contributed by atoms with van der Waals surface area (Å²) in [5.74, 6) is -6.83. The number of anilines is 1. The highest BCUT2D eigenvalue weighted by atomic mass is 19.3. The van der Waals surface area contributed by atoms with E-state index in [1.807, 2.05) is 0 Å². The molecular formula is C25H26F3N3O4. The van der Waals surface area contributed by atoms with Gasteiger partial charge in [0.25, 0.3) is 23.5 Å². The maximum Gasteiger partial charge on any atom is 0.293 e. The van der Waals surface area contributed by atoms with Crippen molar-refractivity contribution in [2.75, 3.05) is 5.32 Å². The van der Waals surface area contributed by atoms with Crippen LogP contribution in [-0.2, 0) is 22.6 Å². The van der Waals surface area contributed by atoms with Crippen LogP contribution in [0.1, 0.15) is 70.3 Å². The number of hydrogen-bond acceptors (Lipinski definition) is 4. The first-order valence-corrected chi connectivity index (χ1v) is 11.5. The van der Waals surface area contributed by atoms with Crippen molar-refractivity contribution in [3.05, 3.63) is 52.1 Å². The number of carbonyl (C=O) groups is 4. The Hall–Kier alpha value is -3.43. The zero-order valence-electron chi connectivity index (χ0n) is 19.7. The summed E-state index contributed by atoms with van der Waals surface area (Å²) < 4.78 is 42.8. The summed E-state index contributed by atoms with van der Waals surface area (Å²) in [6, 6.07) is 4.27. The topological polar surface area (TPSA) is 97.3 Å². The molecule has 1 saturated carbocycles. The Balaban J connectivity index is 1.62. The Kier molecular flexibility index (Phi) is 6.11. The number of Topliss-reactive ketones (excluding diaryl/α,β-unsaturated/α-hetero) is 2. The Bertz CT molecular complexity index is 1260. The van der Waals surface area contributed by atoms with Gasteiger partial charge in [-0.1, -0.05) is 13.0 Å². The lowest BCUT2D eigenvalue weighted by atomic mass is 9.69.